The fourth-order valence-corrected chi connectivity index (χ4v) is 4.22. The summed E-state index contributed by atoms with van der Waals surface area (Å²) < 4.78 is 0. The largest absolute Gasteiger partial charge is 0.352 e. The SMILES string of the molecule is Cc1ccc(NC(=O)c2nnc(CN3CCN(C(C)C(=O)NC4CC4)CC3)s2)cc1. The van der Waals surface area contributed by atoms with Gasteiger partial charge in [0.1, 0.15) is 5.01 Å². The van der Waals surface area contributed by atoms with E-state index >= 15 is 0 Å². The van der Waals surface area contributed by atoms with E-state index in [0.29, 0.717) is 17.6 Å². The number of nitrogens with zero attached hydrogens (tertiary/aromatic N) is 4. The molecular weight excluding hydrogens is 400 g/mol. The molecule has 2 aliphatic rings. The number of benzene rings is 1. The summed E-state index contributed by atoms with van der Waals surface area (Å²) in [6.07, 6.45) is 2.22. The summed E-state index contributed by atoms with van der Waals surface area (Å²) in [6, 6.07) is 7.97. The van der Waals surface area contributed by atoms with Crippen molar-refractivity contribution in [3.8, 4) is 0 Å². The van der Waals surface area contributed by atoms with Crippen molar-refractivity contribution in [3.63, 3.8) is 0 Å². The Kier molecular flexibility index (Phi) is 6.40. The highest BCUT2D eigenvalue weighted by molar-refractivity contribution is 7.13. The highest BCUT2D eigenvalue weighted by Gasteiger charge is 2.30. The third kappa shape index (κ3) is 5.41. The van der Waals surface area contributed by atoms with Gasteiger partial charge in [-0.1, -0.05) is 29.0 Å². The molecule has 0 radical (unpaired) electrons. The summed E-state index contributed by atoms with van der Waals surface area (Å²) >= 11 is 1.33. The van der Waals surface area contributed by atoms with Crippen LogP contribution < -0.4 is 10.6 Å². The van der Waals surface area contributed by atoms with Crippen LogP contribution in [0.15, 0.2) is 24.3 Å². The number of aryl methyl sites for hydroxylation is 1. The molecule has 1 aliphatic heterocycles. The van der Waals surface area contributed by atoms with Crippen LogP contribution in [0, 0.1) is 6.92 Å². The second-order valence-electron chi connectivity index (χ2n) is 8.09. The lowest BCUT2D eigenvalue weighted by molar-refractivity contribution is -0.126. The zero-order valence-corrected chi connectivity index (χ0v) is 18.2. The van der Waals surface area contributed by atoms with Crippen molar-refractivity contribution in [2.45, 2.75) is 45.3 Å². The molecule has 8 nitrogen and oxygen atoms in total. The van der Waals surface area contributed by atoms with Gasteiger partial charge in [0.2, 0.25) is 10.9 Å². The number of carbonyl (C=O) groups is 2. The summed E-state index contributed by atoms with van der Waals surface area (Å²) in [6.45, 7) is 8.09. The molecule has 0 spiro atoms. The number of hydrogen-bond donors (Lipinski definition) is 2. The minimum Gasteiger partial charge on any atom is -0.352 e. The Morgan fingerprint density at radius 3 is 2.50 bits per heavy atom. The highest BCUT2D eigenvalue weighted by atomic mass is 32.1. The van der Waals surface area contributed by atoms with E-state index in [1.807, 2.05) is 38.1 Å². The monoisotopic (exact) mass is 428 g/mol. The maximum atomic E-state index is 12.4. The minimum atomic E-state index is -0.233. The molecule has 2 N–H and O–H groups in total. The molecule has 1 saturated heterocycles. The molecule has 2 aromatic rings. The average Bonchev–Trinajstić information content (AvgIpc) is 3.44. The van der Waals surface area contributed by atoms with E-state index in [1.54, 1.807) is 0 Å². The molecule has 2 amide bonds. The smallest absolute Gasteiger partial charge is 0.286 e. The van der Waals surface area contributed by atoms with Crippen LogP contribution in [0.2, 0.25) is 0 Å². The molecule has 1 atom stereocenters. The number of anilines is 1. The predicted molar refractivity (Wildman–Crippen MR) is 117 cm³/mol. The van der Waals surface area contributed by atoms with Crippen molar-refractivity contribution in [2.24, 2.45) is 0 Å². The van der Waals surface area contributed by atoms with Gasteiger partial charge in [-0.25, -0.2) is 0 Å². The second-order valence-corrected chi connectivity index (χ2v) is 9.15. The van der Waals surface area contributed by atoms with Crippen LogP contribution >= 0.6 is 11.3 Å². The Bertz CT molecular complexity index is 887. The molecule has 1 aliphatic carbocycles. The van der Waals surface area contributed by atoms with Gasteiger partial charge in [-0.15, -0.1) is 10.2 Å². The van der Waals surface area contributed by atoms with Gasteiger partial charge < -0.3 is 10.6 Å². The fraction of sp³-hybridized carbons (Fsp3) is 0.524. The van der Waals surface area contributed by atoms with Gasteiger partial charge in [-0.05, 0) is 38.8 Å². The summed E-state index contributed by atoms with van der Waals surface area (Å²) in [7, 11) is 0. The molecule has 1 saturated carbocycles. The van der Waals surface area contributed by atoms with E-state index in [-0.39, 0.29) is 17.9 Å². The number of piperazine rings is 1. The maximum Gasteiger partial charge on any atom is 0.286 e. The van der Waals surface area contributed by atoms with Crippen molar-refractivity contribution in [2.75, 3.05) is 31.5 Å². The van der Waals surface area contributed by atoms with Crippen LogP contribution in [0.25, 0.3) is 0 Å². The number of hydrogen-bond acceptors (Lipinski definition) is 7. The molecular formula is C21H28N6O2S. The second kappa shape index (κ2) is 9.20. The van der Waals surface area contributed by atoms with Gasteiger partial charge in [-0.3, -0.25) is 19.4 Å². The number of nitrogens with one attached hydrogen (secondary N) is 2. The Labute approximate surface area is 180 Å². The molecule has 2 fully saturated rings. The maximum absolute atomic E-state index is 12.4. The van der Waals surface area contributed by atoms with Crippen LogP contribution in [-0.4, -0.2) is 70.1 Å². The van der Waals surface area contributed by atoms with E-state index in [1.165, 1.54) is 11.3 Å². The van der Waals surface area contributed by atoms with Gasteiger partial charge in [0, 0.05) is 37.9 Å². The molecule has 4 rings (SSSR count). The predicted octanol–water partition coefficient (Wildman–Crippen LogP) is 1.88. The van der Waals surface area contributed by atoms with Crippen molar-refractivity contribution >= 4 is 28.8 Å². The summed E-state index contributed by atoms with van der Waals surface area (Å²) in [4.78, 5) is 29.2. The van der Waals surface area contributed by atoms with Gasteiger partial charge in [0.15, 0.2) is 0 Å². The van der Waals surface area contributed by atoms with E-state index < -0.39 is 0 Å². The van der Waals surface area contributed by atoms with Crippen LogP contribution in [-0.2, 0) is 11.3 Å². The summed E-state index contributed by atoms with van der Waals surface area (Å²) in [5.41, 5.74) is 1.89. The van der Waals surface area contributed by atoms with E-state index in [2.05, 4.69) is 30.6 Å². The van der Waals surface area contributed by atoms with Gasteiger partial charge >= 0.3 is 0 Å². The van der Waals surface area contributed by atoms with Crippen molar-refractivity contribution in [3.05, 3.63) is 39.8 Å². The zero-order chi connectivity index (χ0) is 21.1. The van der Waals surface area contributed by atoms with Gasteiger partial charge in [-0.2, -0.15) is 0 Å². The number of carbonyl (C=O) groups excluding carboxylic acids is 2. The third-order valence-electron chi connectivity index (χ3n) is 5.59. The average molecular weight is 429 g/mol. The Balaban J connectivity index is 1.24. The van der Waals surface area contributed by atoms with E-state index in [4.69, 9.17) is 0 Å². The molecule has 30 heavy (non-hydrogen) atoms. The first-order valence-electron chi connectivity index (χ1n) is 10.4. The van der Waals surface area contributed by atoms with Crippen LogP contribution in [0.3, 0.4) is 0 Å². The van der Waals surface area contributed by atoms with Crippen LogP contribution in [0.1, 0.15) is 40.1 Å². The lowest BCUT2D eigenvalue weighted by atomic mass is 10.2. The van der Waals surface area contributed by atoms with Crippen molar-refractivity contribution < 1.29 is 9.59 Å². The standard InChI is InChI=1S/C21H28N6O2S/c1-14-3-5-16(6-4-14)23-20(29)21-25-24-18(30-21)13-26-9-11-27(12-10-26)15(2)19(28)22-17-7-8-17/h3-6,15,17H,7-13H2,1-2H3,(H,22,28)(H,23,29). The Morgan fingerprint density at radius 1 is 1.13 bits per heavy atom. The topological polar surface area (TPSA) is 90.5 Å². The molecule has 1 aromatic heterocycles. The quantitative estimate of drug-likeness (QED) is 0.700. The first kappa shape index (κ1) is 20.9. The van der Waals surface area contributed by atoms with Crippen LogP contribution in [0.4, 0.5) is 5.69 Å². The highest BCUT2D eigenvalue weighted by Crippen LogP contribution is 2.20. The van der Waals surface area contributed by atoms with Crippen molar-refractivity contribution in [1.82, 2.24) is 25.3 Å². The zero-order valence-electron chi connectivity index (χ0n) is 17.4. The lowest BCUT2D eigenvalue weighted by Gasteiger charge is -2.37. The number of amides is 2. The van der Waals surface area contributed by atoms with Gasteiger partial charge in [0.25, 0.3) is 5.91 Å². The normalized spacial score (nSPS) is 18.7. The first-order valence-corrected chi connectivity index (χ1v) is 11.3. The summed E-state index contributed by atoms with van der Waals surface area (Å²) in [5.74, 6) is -0.0952. The molecule has 2 heterocycles. The Morgan fingerprint density at radius 2 is 1.83 bits per heavy atom. The third-order valence-corrected chi connectivity index (χ3v) is 6.49. The Hall–Kier alpha value is -2.36. The van der Waals surface area contributed by atoms with Crippen molar-refractivity contribution in [1.29, 1.82) is 0 Å². The molecule has 160 valence electrons. The molecule has 0 bridgehead atoms. The lowest BCUT2D eigenvalue weighted by Crippen LogP contribution is -2.53. The molecule has 9 heteroatoms. The molecule has 1 aromatic carbocycles. The summed E-state index contributed by atoms with van der Waals surface area (Å²) in [5, 5.41) is 15.4. The fourth-order valence-electron chi connectivity index (χ4n) is 3.45. The first-order chi connectivity index (χ1) is 14.5. The number of rotatable bonds is 7. The van der Waals surface area contributed by atoms with E-state index in [0.717, 1.165) is 55.3 Å². The van der Waals surface area contributed by atoms with Gasteiger partial charge in [0.05, 0.1) is 12.6 Å². The number of aromatic nitrogens is 2. The van der Waals surface area contributed by atoms with Crippen LogP contribution in [0.5, 0.6) is 0 Å². The minimum absolute atomic E-state index is 0.0913. The van der Waals surface area contributed by atoms with E-state index in [9.17, 15) is 9.59 Å². The molecule has 1 unspecified atom stereocenters.